The zero-order valence-corrected chi connectivity index (χ0v) is 14.4. The third-order valence-electron chi connectivity index (χ3n) is 5.02. The number of urea groups is 1. The Morgan fingerprint density at radius 3 is 2.84 bits per heavy atom. The molecule has 1 saturated carbocycles. The molecule has 4 rings (SSSR count). The molecule has 2 N–H and O–H groups in total. The molecule has 2 amide bonds. The number of nitrogens with zero attached hydrogens (tertiary/aromatic N) is 1. The highest BCUT2D eigenvalue weighted by Gasteiger charge is 2.41. The van der Waals surface area contributed by atoms with Gasteiger partial charge in [0.1, 0.15) is 0 Å². The second-order valence-electron chi connectivity index (χ2n) is 6.94. The average molecular weight is 337 g/mol. The highest BCUT2D eigenvalue weighted by atomic mass is 16.5. The summed E-state index contributed by atoms with van der Waals surface area (Å²) in [6.45, 7) is 2.73. The summed E-state index contributed by atoms with van der Waals surface area (Å²) < 4.78 is 5.79. The predicted molar refractivity (Wildman–Crippen MR) is 97.4 cm³/mol. The predicted octanol–water partition coefficient (Wildman–Crippen LogP) is 3.75. The number of ether oxygens (including phenoxy) is 1. The molecule has 1 aromatic carbocycles. The third-order valence-corrected chi connectivity index (χ3v) is 5.02. The Morgan fingerprint density at radius 1 is 1.20 bits per heavy atom. The fourth-order valence-corrected chi connectivity index (χ4v) is 3.45. The van der Waals surface area contributed by atoms with E-state index in [-0.39, 0.29) is 18.2 Å². The van der Waals surface area contributed by atoms with Crippen LogP contribution in [0.3, 0.4) is 0 Å². The summed E-state index contributed by atoms with van der Waals surface area (Å²) in [7, 11) is 0. The lowest BCUT2D eigenvalue weighted by Gasteiger charge is -2.20. The minimum atomic E-state index is -0.160. The number of pyridine rings is 1. The van der Waals surface area contributed by atoms with Crippen molar-refractivity contribution in [1.82, 2.24) is 10.3 Å². The van der Waals surface area contributed by atoms with Gasteiger partial charge in [-0.25, -0.2) is 4.79 Å². The lowest BCUT2D eigenvalue weighted by molar-refractivity contribution is 0.0829. The van der Waals surface area contributed by atoms with Crippen molar-refractivity contribution in [2.24, 2.45) is 5.92 Å². The van der Waals surface area contributed by atoms with E-state index in [2.05, 4.69) is 15.6 Å². The number of carbonyl (C=O) groups excluding carboxylic acids is 1. The number of hydrogen-bond acceptors (Lipinski definition) is 3. The number of hydrogen-bond donors (Lipinski definition) is 2. The first-order valence-corrected chi connectivity index (χ1v) is 8.91. The molecule has 2 aromatic rings. The van der Waals surface area contributed by atoms with E-state index < -0.39 is 0 Å². The van der Waals surface area contributed by atoms with E-state index in [1.807, 2.05) is 43.5 Å². The number of benzene rings is 1. The van der Waals surface area contributed by atoms with Crippen LogP contribution in [0.2, 0.25) is 0 Å². The van der Waals surface area contributed by atoms with Crippen molar-refractivity contribution in [2.45, 2.75) is 38.3 Å². The fraction of sp³-hybridized carbons (Fsp3) is 0.400. The van der Waals surface area contributed by atoms with Crippen molar-refractivity contribution < 1.29 is 9.53 Å². The molecule has 2 unspecified atom stereocenters. The Morgan fingerprint density at radius 2 is 2.08 bits per heavy atom. The largest absolute Gasteiger partial charge is 0.376 e. The number of aryl methyl sites for hydroxylation is 1. The maximum absolute atomic E-state index is 12.5. The van der Waals surface area contributed by atoms with Gasteiger partial charge in [-0.2, -0.15) is 0 Å². The Kier molecular flexibility index (Phi) is 4.40. The summed E-state index contributed by atoms with van der Waals surface area (Å²) in [6, 6.07) is 9.94. The Bertz CT molecular complexity index is 759. The van der Waals surface area contributed by atoms with Crippen molar-refractivity contribution in [2.75, 3.05) is 11.9 Å². The fourth-order valence-electron chi connectivity index (χ4n) is 3.45. The summed E-state index contributed by atoms with van der Waals surface area (Å²) >= 11 is 0. The summed E-state index contributed by atoms with van der Waals surface area (Å²) in [5.74, 6) is 0.628. The Balaban J connectivity index is 1.45. The van der Waals surface area contributed by atoms with Gasteiger partial charge in [-0.15, -0.1) is 0 Å². The van der Waals surface area contributed by atoms with Crippen LogP contribution in [-0.2, 0) is 4.74 Å². The van der Waals surface area contributed by atoms with Crippen molar-refractivity contribution >= 4 is 11.7 Å². The second kappa shape index (κ2) is 6.84. The van der Waals surface area contributed by atoms with Gasteiger partial charge < -0.3 is 15.4 Å². The zero-order valence-electron chi connectivity index (χ0n) is 14.4. The van der Waals surface area contributed by atoms with Crippen molar-refractivity contribution in [3.8, 4) is 11.1 Å². The number of nitrogens with one attached hydrogen (secondary N) is 2. The number of carbonyl (C=O) groups is 1. The van der Waals surface area contributed by atoms with E-state index in [9.17, 15) is 4.79 Å². The molecule has 25 heavy (non-hydrogen) atoms. The second-order valence-corrected chi connectivity index (χ2v) is 6.94. The van der Waals surface area contributed by atoms with Gasteiger partial charge in [0.2, 0.25) is 0 Å². The van der Waals surface area contributed by atoms with Gasteiger partial charge in [-0.05, 0) is 55.4 Å². The van der Waals surface area contributed by atoms with Crippen molar-refractivity contribution in [1.29, 1.82) is 0 Å². The first-order chi connectivity index (χ1) is 12.2. The third kappa shape index (κ3) is 3.66. The average Bonchev–Trinajstić information content (AvgIpc) is 3.37. The van der Waals surface area contributed by atoms with E-state index in [1.165, 1.54) is 12.8 Å². The molecule has 5 nitrogen and oxygen atoms in total. The molecule has 130 valence electrons. The number of aromatic nitrogens is 1. The first-order valence-electron chi connectivity index (χ1n) is 8.91. The minimum absolute atomic E-state index is 0.120. The summed E-state index contributed by atoms with van der Waals surface area (Å²) in [5.41, 5.74) is 3.92. The van der Waals surface area contributed by atoms with Gasteiger partial charge in [-0.1, -0.05) is 18.2 Å². The standard InChI is InChI=1S/C20H23N3O2/c1-13-4-5-15(16-3-2-9-21-12-16)11-18(13)23-20(24)22-17-8-10-25-19(17)14-6-7-14/h2-5,9,11-12,14,17,19H,6-8,10H2,1H3,(H2,22,23,24). The molecule has 1 saturated heterocycles. The van der Waals surface area contributed by atoms with Gasteiger partial charge in [0.15, 0.2) is 0 Å². The van der Waals surface area contributed by atoms with E-state index in [0.717, 1.165) is 35.4 Å². The Hall–Kier alpha value is -2.40. The zero-order chi connectivity index (χ0) is 17.2. The smallest absolute Gasteiger partial charge is 0.319 e. The minimum Gasteiger partial charge on any atom is -0.376 e. The molecule has 0 bridgehead atoms. The highest BCUT2D eigenvalue weighted by molar-refractivity contribution is 5.91. The summed E-state index contributed by atoms with van der Waals surface area (Å²) in [5, 5.41) is 6.10. The lowest BCUT2D eigenvalue weighted by atomic mass is 10.0. The quantitative estimate of drug-likeness (QED) is 0.893. The van der Waals surface area contributed by atoms with Crippen molar-refractivity contribution in [3.05, 3.63) is 48.3 Å². The Labute approximate surface area is 147 Å². The van der Waals surface area contributed by atoms with Crippen LogP contribution in [0.15, 0.2) is 42.7 Å². The van der Waals surface area contributed by atoms with Crippen LogP contribution in [0.25, 0.3) is 11.1 Å². The lowest BCUT2D eigenvalue weighted by Crippen LogP contribution is -2.43. The van der Waals surface area contributed by atoms with E-state index in [0.29, 0.717) is 5.92 Å². The normalized spacial score (nSPS) is 22.6. The molecular formula is C20H23N3O2. The van der Waals surface area contributed by atoms with Gasteiger partial charge in [0, 0.05) is 30.3 Å². The molecule has 2 fully saturated rings. The summed E-state index contributed by atoms with van der Waals surface area (Å²) in [4.78, 5) is 16.6. The van der Waals surface area contributed by atoms with Gasteiger partial charge in [0.25, 0.3) is 0 Å². The molecule has 0 spiro atoms. The van der Waals surface area contributed by atoms with Gasteiger partial charge in [-0.3, -0.25) is 4.98 Å². The number of amides is 2. The molecule has 2 aliphatic rings. The monoisotopic (exact) mass is 337 g/mol. The van der Waals surface area contributed by atoms with Crippen LogP contribution in [0, 0.1) is 12.8 Å². The molecule has 2 heterocycles. The number of anilines is 1. The van der Waals surface area contributed by atoms with Crippen LogP contribution in [-0.4, -0.2) is 29.8 Å². The van der Waals surface area contributed by atoms with Crippen LogP contribution in [0.4, 0.5) is 10.5 Å². The van der Waals surface area contributed by atoms with Crippen LogP contribution in [0.5, 0.6) is 0 Å². The number of rotatable bonds is 4. The highest BCUT2D eigenvalue weighted by Crippen LogP contribution is 2.38. The van der Waals surface area contributed by atoms with Crippen LogP contribution in [0.1, 0.15) is 24.8 Å². The molecule has 0 radical (unpaired) electrons. The van der Waals surface area contributed by atoms with Gasteiger partial charge >= 0.3 is 6.03 Å². The summed E-state index contributed by atoms with van der Waals surface area (Å²) in [6.07, 6.45) is 7.10. The first kappa shape index (κ1) is 16.1. The van der Waals surface area contributed by atoms with E-state index in [4.69, 9.17) is 4.74 Å². The van der Waals surface area contributed by atoms with E-state index in [1.54, 1.807) is 6.20 Å². The molecule has 2 atom stereocenters. The molecule has 1 aromatic heterocycles. The van der Waals surface area contributed by atoms with Crippen molar-refractivity contribution in [3.63, 3.8) is 0 Å². The topological polar surface area (TPSA) is 63.2 Å². The van der Waals surface area contributed by atoms with Gasteiger partial charge in [0.05, 0.1) is 12.1 Å². The van der Waals surface area contributed by atoms with Crippen LogP contribution >= 0.6 is 0 Å². The maximum Gasteiger partial charge on any atom is 0.319 e. The van der Waals surface area contributed by atoms with E-state index >= 15 is 0 Å². The molecule has 1 aliphatic carbocycles. The molecule has 5 heteroatoms. The maximum atomic E-state index is 12.5. The van der Waals surface area contributed by atoms with Crippen LogP contribution < -0.4 is 10.6 Å². The molecular weight excluding hydrogens is 314 g/mol. The molecule has 1 aliphatic heterocycles. The SMILES string of the molecule is Cc1ccc(-c2cccnc2)cc1NC(=O)NC1CCOC1C1CC1.